The lowest BCUT2D eigenvalue weighted by atomic mass is 9.85. The molecule has 0 bridgehead atoms. The summed E-state index contributed by atoms with van der Waals surface area (Å²) in [5.74, 6) is 1.47. The molecule has 0 amide bonds. The molecule has 9 nitrogen and oxygen atoms in total. The molecule has 2 aromatic rings. The van der Waals surface area contributed by atoms with Crippen LogP contribution in [-0.2, 0) is 36.9 Å². The van der Waals surface area contributed by atoms with E-state index in [1.165, 1.54) is 5.56 Å². The normalized spacial score (nSPS) is 26.0. The van der Waals surface area contributed by atoms with Crippen molar-refractivity contribution < 1.29 is 33.5 Å². The van der Waals surface area contributed by atoms with Gasteiger partial charge in [0.1, 0.15) is 12.4 Å². The Hall–Kier alpha value is -2.24. The van der Waals surface area contributed by atoms with Crippen molar-refractivity contribution in [3.8, 4) is 5.75 Å². The van der Waals surface area contributed by atoms with Crippen LogP contribution in [0.1, 0.15) is 42.4 Å². The van der Waals surface area contributed by atoms with Gasteiger partial charge in [-0.15, -0.1) is 0 Å². The quantitative estimate of drug-likeness (QED) is 0.288. The lowest BCUT2D eigenvalue weighted by Crippen LogP contribution is -2.51. The predicted molar refractivity (Wildman–Crippen MR) is 161 cm³/mol. The van der Waals surface area contributed by atoms with E-state index in [1.807, 2.05) is 0 Å². The highest BCUT2D eigenvalue weighted by Crippen LogP contribution is 2.35. The fourth-order valence-corrected chi connectivity index (χ4v) is 5.97. The highest BCUT2D eigenvalue weighted by Gasteiger charge is 2.38. The number of aliphatic hydroxyl groups excluding tert-OH is 1. The molecule has 2 heterocycles. The van der Waals surface area contributed by atoms with Crippen molar-refractivity contribution in [1.82, 2.24) is 5.32 Å². The van der Waals surface area contributed by atoms with Gasteiger partial charge in [-0.3, -0.25) is 0 Å². The topological polar surface area (TPSA) is 90.9 Å². The lowest BCUT2D eigenvalue weighted by Gasteiger charge is -2.39. The number of nitrogens with zero attached hydrogens (tertiary/aromatic N) is 1. The summed E-state index contributed by atoms with van der Waals surface area (Å²) in [5, 5.41) is 13.4. The lowest BCUT2D eigenvalue weighted by molar-refractivity contribution is -0.0752. The molecule has 6 atom stereocenters. The van der Waals surface area contributed by atoms with Crippen molar-refractivity contribution in [1.29, 1.82) is 0 Å². The van der Waals surface area contributed by atoms with Crippen LogP contribution in [0.5, 0.6) is 5.75 Å². The molecule has 2 aromatic carbocycles. The van der Waals surface area contributed by atoms with Gasteiger partial charge >= 0.3 is 0 Å². The second kappa shape index (κ2) is 15.5. The van der Waals surface area contributed by atoms with E-state index in [4.69, 9.17) is 28.4 Å². The minimum atomic E-state index is -0.528. The molecule has 0 radical (unpaired) electrons. The molecule has 2 aliphatic heterocycles. The molecule has 2 fully saturated rings. The first-order chi connectivity index (χ1) is 20.6. The summed E-state index contributed by atoms with van der Waals surface area (Å²) in [7, 11) is 3.51. The molecule has 0 unspecified atom stereocenters. The van der Waals surface area contributed by atoms with Gasteiger partial charge in [0.15, 0.2) is 0 Å². The molecule has 1 saturated carbocycles. The monoisotopic (exact) mass is 584 g/mol. The Labute approximate surface area is 250 Å². The molecule has 1 saturated heterocycles. The number of hydrogen-bond donors (Lipinski definition) is 2. The summed E-state index contributed by atoms with van der Waals surface area (Å²) < 4.78 is 35.3. The maximum Gasteiger partial charge on any atom is 0.142 e. The summed E-state index contributed by atoms with van der Waals surface area (Å²) in [4.78, 5) is 2.37. The Balaban J connectivity index is 1.24. The van der Waals surface area contributed by atoms with E-state index in [1.54, 1.807) is 21.1 Å². The van der Waals surface area contributed by atoms with Gasteiger partial charge in [0.05, 0.1) is 63.1 Å². The standard InChI is InChI=1S/C33H48N2O7/c1-23(36)19-41-31-17-34-18-32(33(31)26-8-5-24(6-9-26)20-39-22-27-16-30(27)38-3)42-21-25-7-10-29-28(15-25)35(12-14-40-29)11-4-13-37-2/h5-10,15,23,27,30-34,36H,4,11-14,16-22H2,1-3H3/t23-,27+,30+,31-,32+,33+/m1/s1. The first-order valence-electron chi connectivity index (χ1n) is 15.4. The molecule has 0 spiro atoms. The van der Waals surface area contributed by atoms with Crippen LogP contribution in [0.25, 0.3) is 0 Å². The fraction of sp³-hybridized carbons (Fsp3) is 0.636. The van der Waals surface area contributed by atoms with Crippen molar-refractivity contribution >= 4 is 5.69 Å². The maximum absolute atomic E-state index is 9.92. The minimum absolute atomic E-state index is 0.0281. The largest absolute Gasteiger partial charge is 0.490 e. The second-order valence-corrected chi connectivity index (χ2v) is 11.8. The molecule has 232 valence electrons. The SMILES string of the molecule is COCCCN1CCOc2ccc(CO[C@H]3CNC[C@@H](OC[C@@H](C)O)[C@@H]3c3ccc(COC[C@@H]4C[C@@H]4OC)cc3)cc21. The number of methoxy groups -OCH3 is 2. The number of ether oxygens (including phenoxy) is 6. The van der Waals surface area contributed by atoms with E-state index in [-0.39, 0.29) is 24.7 Å². The van der Waals surface area contributed by atoms with Crippen molar-refractivity contribution in [3.05, 3.63) is 59.2 Å². The molecular formula is C33H48N2O7. The number of anilines is 1. The van der Waals surface area contributed by atoms with Crippen molar-refractivity contribution in [2.24, 2.45) is 5.92 Å². The van der Waals surface area contributed by atoms with Crippen LogP contribution >= 0.6 is 0 Å². The molecule has 1 aliphatic carbocycles. The summed E-state index contributed by atoms with van der Waals surface area (Å²) >= 11 is 0. The Kier molecular flexibility index (Phi) is 11.5. The zero-order chi connectivity index (χ0) is 29.3. The molecule has 0 aromatic heterocycles. The van der Waals surface area contributed by atoms with E-state index in [0.717, 1.165) is 68.3 Å². The number of piperidine rings is 1. The van der Waals surface area contributed by atoms with Crippen LogP contribution in [-0.4, -0.2) is 96.3 Å². The molecule has 2 N–H and O–H groups in total. The summed E-state index contributed by atoms with van der Waals surface area (Å²) in [6, 6.07) is 15.0. The second-order valence-electron chi connectivity index (χ2n) is 11.8. The van der Waals surface area contributed by atoms with Crippen molar-refractivity contribution in [2.45, 2.75) is 63.3 Å². The highest BCUT2D eigenvalue weighted by molar-refractivity contribution is 5.61. The average Bonchev–Trinajstić information content (AvgIpc) is 3.78. The summed E-state index contributed by atoms with van der Waals surface area (Å²) in [5.41, 5.74) is 4.55. The summed E-state index contributed by atoms with van der Waals surface area (Å²) in [6.45, 7) is 8.52. The zero-order valence-corrected chi connectivity index (χ0v) is 25.3. The van der Waals surface area contributed by atoms with Gasteiger partial charge in [-0.2, -0.15) is 0 Å². The zero-order valence-electron chi connectivity index (χ0n) is 25.3. The van der Waals surface area contributed by atoms with Crippen LogP contribution in [0.2, 0.25) is 0 Å². The molecule has 42 heavy (non-hydrogen) atoms. The average molecular weight is 585 g/mol. The number of rotatable bonds is 16. The molecule has 9 heteroatoms. The van der Waals surface area contributed by atoms with E-state index in [0.29, 0.717) is 38.4 Å². The first kappa shape index (κ1) is 31.2. The highest BCUT2D eigenvalue weighted by atomic mass is 16.5. The van der Waals surface area contributed by atoms with Crippen LogP contribution in [0, 0.1) is 5.92 Å². The van der Waals surface area contributed by atoms with E-state index < -0.39 is 6.10 Å². The number of hydrogen-bond acceptors (Lipinski definition) is 9. The number of fused-ring (bicyclic) bond motifs is 1. The Morgan fingerprint density at radius 1 is 1.00 bits per heavy atom. The van der Waals surface area contributed by atoms with Gasteiger partial charge < -0.3 is 43.7 Å². The van der Waals surface area contributed by atoms with Gasteiger partial charge in [0.2, 0.25) is 0 Å². The van der Waals surface area contributed by atoms with Gasteiger partial charge in [-0.1, -0.05) is 30.3 Å². The van der Waals surface area contributed by atoms with E-state index in [2.05, 4.69) is 52.7 Å². The number of aliphatic hydroxyl groups is 1. The van der Waals surface area contributed by atoms with E-state index >= 15 is 0 Å². The summed E-state index contributed by atoms with van der Waals surface area (Å²) in [6.07, 6.45) is 1.68. The van der Waals surface area contributed by atoms with Crippen LogP contribution < -0.4 is 15.0 Å². The van der Waals surface area contributed by atoms with Crippen LogP contribution in [0.3, 0.4) is 0 Å². The molecule has 3 aliphatic rings. The Bertz CT molecular complexity index is 1100. The van der Waals surface area contributed by atoms with Crippen LogP contribution in [0.4, 0.5) is 5.69 Å². The third kappa shape index (κ3) is 8.44. The Morgan fingerprint density at radius 2 is 1.79 bits per heavy atom. The number of nitrogens with one attached hydrogen (secondary N) is 1. The smallest absolute Gasteiger partial charge is 0.142 e. The van der Waals surface area contributed by atoms with E-state index in [9.17, 15) is 5.11 Å². The van der Waals surface area contributed by atoms with Crippen molar-refractivity contribution in [3.63, 3.8) is 0 Å². The third-order valence-electron chi connectivity index (χ3n) is 8.39. The molecular weight excluding hydrogens is 536 g/mol. The van der Waals surface area contributed by atoms with Gasteiger partial charge in [-0.05, 0) is 48.6 Å². The third-order valence-corrected chi connectivity index (χ3v) is 8.39. The molecule has 5 rings (SSSR count). The van der Waals surface area contributed by atoms with Gasteiger partial charge in [0.25, 0.3) is 0 Å². The Morgan fingerprint density at radius 3 is 2.52 bits per heavy atom. The fourth-order valence-electron chi connectivity index (χ4n) is 5.97. The van der Waals surface area contributed by atoms with Crippen molar-refractivity contribution in [2.75, 3.05) is 71.7 Å². The van der Waals surface area contributed by atoms with Gasteiger partial charge in [0, 0.05) is 52.3 Å². The maximum atomic E-state index is 9.92. The number of benzene rings is 2. The first-order valence-corrected chi connectivity index (χ1v) is 15.4. The van der Waals surface area contributed by atoms with Crippen LogP contribution in [0.15, 0.2) is 42.5 Å². The van der Waals surface area contributed by atoms with Gasteiger partial charge in [-0.25, -0.2) is 0 Å². The minimum Gasteiger partial charge on any atom is -0.490 e. The predicted octanol–water partition coefficient (Wildman–Crippen LogP) is 3.51.